The normalized spacial score (nSPS) is 12.5. The Bertz CT molecular complexity index is 513. The smallest absolute Gasteiger partial charge is 0.406 e. The van der Waals surface area contributed by atoms with Crippen LogP contribution in [0.3, 0.4) is 0 Å². The minimum atomic E-state index is -4.82. The molecule has 0 atom stereocenters. The Hall–Kier alpha value is -0.600. The molecule has 1 aromatic rings. The first kappa shape index (κ1) is 14.5. The third-order valence-electron chi connectivity index (χ3n) is 1.63. The predicted molar refractivity (Wildman–Crippen MR) is 57.9 cm³/mol. The summed E-state index contributed by atoms with van der Waals surface area (Å²) in [5.41, 5.74) is 0. The monoisotopic (exact) mass is 306 g/mol. The summed E-state index contributed by atoms with van der Waals surface area (Å²) in [7, 11) is 1.13. The first-order chi connectivity index (χ1) is 7.63. The number of ether oxygens (including phenoxy) is 1. The van der Waals surface area contributed by atoms with Crippen molar-refractivity contribution in [2.24, 2.45) is 0 Å². The molecule has 0 aliphatic heterocycles. The predicted octanol–water partition coefficient (Wildman–Crippen LogP) is 3.23. The highest BCUT2D eigenvalue weighted by Gasteiger charge is 2.31. The van der Waals surface area contributed by atoms with E-state index in [-0.39, 0.29) is 9.79 Å². The topological polar surface area (TPSA) is 43.4 Å². The highest BCUT2D eigenvalue weighted by molar-refractivity contribution is 8.14. The number of thioether (sulfide) groups is 1. The van der Waals surface area contributed by atoms with Crippen LogP contribution in [0.25, 0.3) is 0 Å². The van der Waals surface area contributed by atoms with Gasteiger partial charge < -0.3 is 4.74 Å². The number of hydrogen-bond acceptors (Lipinski definition) is 4. The maximum absolute atomic E-state index is 11.9. The third-order valence-corrected chi connectivity index (χ3v) is 3.92. The van der Waals surface area contributed by atoms with Crippen LogP contribution in [0.15, 0.2) is 28.0 Å². The van der Waals surface area contributed by atoms with Gasteiger partial charge in [-0.15, -0.1) is 24.9 Å². The molecule has 0 unspecified atom stereocenters. The Kier molecular flexibility index (Phi) is 4.21. The molecule has 0 fully saturated rings. The summed E-state index contributed by atoms with van der Waals surface area (Å²) in [6.07, 6.45) is -3.31. The van der Waals surface area contributed by atoms with Crippen molar-refractivity contribution in [3.05, 3.63) is 18.2 Å². The van der Waals surface area contributed by atoms with Gasteiger partial charge in [-0.05, 0) is 24.5 Å². The van der Waals surface area contributed by atoms with Gasteiger partial charge in [0, 0.05) is 15.6 Å². The van der Waals surface area contributed by atoms with Crippen LogP contribution in [0.5, 0.6) is 5.75 Å². The molecule has 96 valence electrons. The molecule has 0 radical (unpaired) electrons. The van der Waals surface area contributed by atoms with Crippen LogP contribution in [0.2, 0.25) is 0 Å². The summed E-state index contributed by atoms with van der Waals surface area (Å²) in [6.45, 7) is 0. The van der Waals surface area contributed by atoms with E-state index >= 15 is 0 Å². The van der Waals surface area contributed by atoms with Gasteiger partial charge in [0.25, 0.3) is 9.05 Å². The number of benzene rings is 1. The number of alkyl halides is 3. The summed E-state index contributed by atoms with van der Waals surface area (Å²) >= 11 is 0.951. The van der Waals surface area contributed by atoms with Crippen LogP contribution in [0.4, 0.5) is 13.2 Å². The highest BCUT2D eigenvalue weighted by atomic mass is 35.7. The molecule has 17 heavy (non-hydrogen) atoms. The lowest BCUT2D eigenvalue weighted by Crippen LogP contribution is -2.17. The highest BCUT2D eigenvalue weighted by Crippen LogP contribution is 2.32. The van der Waals surface area contributed by atoms with Crippen LogP contribution in [-0.2, 0) is 9.05 Å². The van der Waals surface area contributed by atoms with E-state index in [0.717, 1.165) is 30.0 Å². The molecule has 0 amide bonds. The maximum atomic E-state index is 11.9. The van der Waals surface area contributed by atoms with Crippen LogP contribution in [0, 0.1) is 0 Å². The third kappa shape index (κ3) is 4.29. The lowest BCUT2D eigenvalue weighted by Gasteiger charge is -2.11. The van der Waals surface area contributed by atoms with E-state index in [1.807, 2.05) is 0 Å². The van der Waals surface area contributed by atoms with Crippen molar-refractivity contribution in [3.63, 3.8) is 0 Å². The Morgan fingerprint density at radius 2 is 1.94 bits per heavy atom. The zero-order chi connectivity index (χ0) is 13.3. The average molecular weight is 307 g/mol. The molecule has 0 saturated heterocycles. The van der Waals surface area contributed by atoms with Gasteiger partial charge in [0.15, 0.2) is 0 Å². The molecule has 0 saturated carbocycles. The molecule has 0 aliphatic carbocycles. The molecular formula is C8H6ClF3O3S2. The average Bonchev–Trinajstić information content (AvgIpc) is 2.13. The van der Waals surface area contributed by atoms with E-state index in [4.69, 9.17) is 10.7 Å². The van der Waals surface area contributed by atoms with Gasteiger partial charge in [-0.1, -0.05) is 0 Å². The molecule has 0 bridgehead atoms. The molecule has 9 heteroatoms. The summed E-state index contributed by atoms with van der Waals surface area (Å²) in [5, 5.41) is 0. The molecule has 0 aromatic heterocycles. The first-order valence-electron chi connectivity index (χ1n) is 4.02. The van der Waals surface area contributed by atoms with Gasteiger partial charge in [-0.2, -0.15) is 0 Å². The first-order valence-corrected chi connectivity index (χ1v) is 7.55. The molecule has 0 aliphatic rings. The Balaban J connectivity index is 3.19. The zero-order valence-electron chi connectivity index (χ0n) is 8.29. The summed E-state index contributed by atoms with van der Waals surface area (Å²) < 4.78 is 61.7. The molecular weight excluding hydrogens is 301 g/mol. The number of hydrogen-bond donors (Lipinski definition) is 0. The van der Waals surface area contributed by atoms with E-state index in [1.165, 1.54) is 6.26 Å². The molecule has 0 spiro atoms. The fourth-order valence-electron chi connectivity index (χ4n) is 1.05. The van der Waals surface area contributed by atoms with Gasteiger partial charge >= 0.3 is 6.36 Å². The lowest BCUT2D eigenvalue weighted by molar-refractivity contribution is -0.274. The number of halogens is 4. The van der Waals surface area contributed by atoms with Crippen molar-refractivity contribution in [3.8, 4) is 5.75 Å². The van der Waals surface area contributed by atoms with Crippen LogP contribution < -0.4 is 4.74 Å². The Labute approximate surface area is 104 Å². The lowest BCUT2D eigenvalue weighted by atomic mass is 10.3. The molecule has 1 aromatic carbocycles. The van der Waals surface area contributed by atoms with Crippen molar-refractivity contribution < 1.29 is 26.3 Å². The number of rotatable bonds is 3. The van der Waals surface area contributed by atoms with Crippen molar-refractivity contribution in [1.82, 2.24) is 0 Å². The maximum Gasteiger partial charge on any atom is 0.573 e. The molecule has 0 heterocycles. The SMILES string of the molecule is CSc1cc(OC(F)(F)F)ccc1S(=O)(=O)Cl. The fourth-order valence-corrected chi connectivity index (χ4v) is 3.20. The zero-order valence-corrected chi connectivity index (χ0v) is 10.7. The summed E-state index contributed by atoms with van der Waals surface area (Å²) in [4.78, 5) is -0.164. The molecule has 3 nitrogen and oxygen atoms in total. The van der Waals surface area contributed by atoms with E-state index in [2.05, 4.69) is 4.74 Å². The van der Waals surface area contributed by atoms with Gasteiger partial charge in [0.1, 0.15) is 5.75 Å². The van der Waals surface area contributed by atoms with Gasteiger partial charge in [0.05, 0.1) is 4.90 Å². The fraction of sp³-hybridized carbons (Fsp3) is 0.250. The van der Waals surface area contributed by atoms with Crippen molar-refractivity contribution in [1.29, 1.82) is 0 Å². The van der Waals surface area contributed by atoms with Gasteiger partial charge in [-0.25, -0.2) is 8.42 Å². The second-order valence-corrected chi connectivity index (χ2v) is 6.18. The van der Waals surface area contributed by atoms with Crippen LogP contribution in [-0.4, -0.2) is 21.0 Å². The van der Waals surface area contributed by atoms with Crippen LogP contribution >= 0.6 is 22.4 Å². The van der Waals surface area contributed by atoms with E-state index in [0.29, 0.717) is 0 Å². The van der Waals surface area contributed by atoms with Crippen molar-refractivity contribution in [2.45, 2.75) is 16.2 Å². The summed E-state index contributed by atoms with van der Waals surface area (Å²) in [5.74, 6) is -0.495. The van der Waals surface area contributed by atoms with E-state index in [9.17, 15) is 21.6 Å². The minimum Gasteiger partial charge on any atom is -0.406 e. The van der Waals surface area contributed by atoms with E-state index in [1.54, 1.807) is 0 Å². The molecule has 0 N–H and O–H groups in total. The minimum absolute atomic E-state index is 0.0850. The quantitative estimate of drug-likeness (QED) is 0.635. The Morgan fingerprint density at radius 1 is 1.35 bits per heavy atom. The summed E-state index contributed by atoms with van der Waals surface area (Å²) in [6, 6.07) is 2.82. The standard InChI is InChI=1S/C8H6ClF3O3S2/c1-16-6-4-5(15-8(10,11)12)2-3-7(6)17(9,13)14/h2-4H,1H3. The van der Waals surface area contributed by atoms with Gasteiger partial charge in [-0.3, -0.25) is 0 Å². The second-order valence-electron chi connectivity index (χ2n) is 2.80. The van der Waals surface area contributed by atoms with E-state index < -0.39 is 21.2 Å². The Morgan fingerprint density at radius 3 is 2.35 bits per heavy atom. The largest absolute Gasteiger partial charge is 0.573 e. The molecule has 1 rings (SSSR count). The van der Waals surface area contributed by atoms with Gasteiger partial charge in [0.2, 0.25) is 0 Å². The van der Waals surface area contributed by atoms with Crippen LogP contribution in [0.1, 0.15) is 0 Å². The van der Waals surface area contributed by atoms with Crippen molar-refractivity contribution >= 4 is 31.5 Å². The van der Waals surface area contributed by atoms with Crippen molar-refractivity contribution in [2.75, 3.05) is 6.26 Å². The second kappa shape index (κ2) is 4.95.